The van der Waals surface area contributed by atoms with Gasteiger partial charge < -0.3 is 0 Å². The summed E-state index contributed by atoms with van der Waals surface area (Å²) < 4.78 is 0. The number of aromatic nitrogens is 2. The third-order valence-corrected chi connectivity index (χ3v) is 5.25. The van der Waals surface area contributed by atoms with Crippen molar-refractivity contribution in [1.29, 1.82) is 0 Å². The fourth-order valence-electron chi connectivity index (χ4n) is 3.66. The molecule has 3 rings (SSSR count). The van der Waals surface area contributed by atoms with Gasteiger partial charge in [-0.2, -0.15) is 0 Å². The first kappa shape index (κ1) is 17.1. The van der Waals surface area contributed by atoms with Crippen LogP contribution in [0.15, 0.2) is 30.5 Å². The molecule has 0 saturated carbocycles. The first-order valence-corrected chi connectivity index (χ1v) is 9.74. The van der Waals surface area contributed by atoms with Crippen LogP contribution in [0.5, 0.6) is 0 Å². The standard InChI is InChI=1S/C22H30N2/c1-3-5-7-17-9-12-19(13-10-17)22-23-16-20-15-18(8-6-4-2)11-14-21(20)24-22/h9-10,12-13,16,18H,3-8,11,14-15H2,1-2H3. The van der Waals surface area contributed by atoms with Crippen molar-refractivity contribution in [3.8, 4) is 11.4 Å². The maximum Gasteiger partial charge on any atom is 0.159 e. The number of hydrogen-bond acceptors (Lipinski definition) is 2. The molecular formula is C22H30N2. The van der Waals surface area contributed by atoms with Crippen molar-refractivity contribution in [2.45, 2.75) is 71.6 Å². The van der Waals surface area contributed by atoms with Crippen molar-refractivity contribution in [2.24, 2.45) is 5.92 Å². The van der Waals surface area contributed by atoms with Crippen LogP contribution >= 0.6 is 0 Å². The summed E-state index contributed by atoms with van der Waals surface area (Å²) in [5.74, 6) is 1.73. The van der Waals surface area contributed by atoms with Crippen molar-refractivity contribution >= 4 is 0 Å². The average Bonchev–Trinajstić information content (AvgIpc) is 2.64. The topological polar surface area (TPSA) is 25.8 Å². The highest BCUT2D eigenvalue weighted by atomic mass is 14.9. The van der Waals surface area contributed by atoms with Crippen LogP contribution in [0, 0.1) is 5.92 Å². The van der Waals surface area contributed by atoms with E-state index < -0.39 is 0 Å². The van der Waals surface area contributed by atoms with E-state index in [1.807, 2.05) is 0 Å². The van der Waals surface area contributed by atoms with E-state index in [0.29, 0.717) is 0 Å². The van der Waals surface area contributed by atoms with Gasteiger partial charge in [-0.1, -0.05) is 63.8 Å². The Bertz CT molecular complexity index is 646. The molecule has 0 N–H and O–H groups in total. The second kappa shape index (κ2) is 8.41. The summed E-state index contributed by atoms with van der Waals surface area (Å²) in [5.41, 5.74) is 5.22. The average molecular weight is 322 g/mol. The molecule has 0 fully saturated rings. The van der Waals surface area contributed by atoms with Gasteiger partial charge in [0.15, 0.2) is 5.82 Å². The lowest BCUT2D eigenvalue weighted by Crippen LogP contribution is -2.16. The van der Waals surface area contributed by atoms with E-state index in [0.717, 1.165) is 23.7 Å². The molecule has 2 nitrogen and oxygen atoms in total. The van der Waals surface area contributed by atoms with Crippen LogP contribution in [0.3, 0.4) is 0 Å². The predicted octanol–water partition coefficient (Wildman–Crippen LogP) is 5.78. The Kier molecular flexibility index (Phi) is 6.01. The summed E-state index contributed by atoms with van der Waals surface area (Å²) in [4.78, 5) is 9.54. The van der Waals surface area contributed by atoms with Crippen LogP contribution in [0.1, 0.15) is 69.2 Å². The van der Waals surface area contributed by atoms with Crippen molar-refractivity contribution in [3.05, 3.63) is 47.3 Å². The summed E-state index contributed by atoms with van der Waals surface area (Å²) in [7, 11) is 0. The largest absolute Gasteiger partial charge is 0.236 e. The second-order valence-electron chi connectivity index (χ2n) is 7.22. The summed E-state index contributed by atoms with van der Waals surface area (Å²) in [6.45, 7) is 4.52. The Morgan fingerprint density at radius 3 is 2.58 bits per heavy atom. The Balaban J connectivity index is 1.70. The molecule has 0 radical (unpaired) electrons. The zero-order valence-electron chi connectivity index (χ0n) is 15.2. The molecule has 1 aliphatic carbocycles. The third kappa shape index (κ3) is 4.23. The Hall–Kier alpha value is -1.70. The highest BCUT2D eigenvalue weighted by Gasteiger charge is 2.20. The summed E-state index contributed by atoms with van der Waals surface area (Å²) in [6.07, 6.45) is 13.3. The predicted molar refractivity (Wildman–Crippen MR) is 101 cm³/mol. The van der Waals surface area contributed by atoms with Crippen LogP contribution in [0.2, 0.25) is 0 Å². The van der Waals surface area contributed by atoms with Gasteiger partial charge in [-0.05, 0) is 49.1 Å². The molecule has 2 heteroatoms. The minimum atomic E-state index is 0.838. The second-order valence-corrected chi connectivity index (χ2v) is 7.22. The van der Waals surface area contributed by atoms with Gasteiger partial charge in [0, 0.05) is 17.5 Å². The molecule has 0 spiro atoms. The monoisotopic (exact) mass is 322 g/mol. The number of benzene rings is 1. The Morgan fingerprint density at radius 1 is 1.04 bits per heavy atom. The van der Waals surface area contributed by atoms with Gasteiger partial charge in [0.05, 0.1) is 0 Å². The maximum atomic E-state index is 4.88. The van der Waals surface area contributed by atoms with Gasteiger partial charge in [-0.3, -0.25) is 0 Å². The summed E-state index contributed by atoms with van der Waals surface area (Å²) in [6, 6.07) is 8.82. The van der Waals surface area contributed by atoms with Crippen LogP contribution in [-0.2, 0) is 19.3 Å². The van der Waals surface area contributed by atoms with Gasteiger partial charge in [0.2, 0.25) is 0 Å². The lowest BCUT2D eigenvalue weighted by atomic mass is 9.84. The summed E-state index contributed by atoms with van der Waals surface area (Å²) >= 11 is 0. The molecule has 128 valence electrons. The van der Waals surface area contributed by atoms with Gasteiger partial charge >= 0.3 is 0 Å². The van der Waals surface area contributed by atoms with E-state index in [4.69, 9.17) is 4.98 Å². The number of rotatable bonds is 7. The third-order valence-electron chi connectivity index (χ3n) is 5.25. The number of nitrogens with zero attached hydrogens (tertiary/aromatic N) is 2. The normalized spacial score (nSPS) is 16.8. The minimum absolute atomic E-state index is 0.838. The van der Waals surface area contributed by atoms with Crippen molar-refractivity contribution in [3.63, 3.8) is 0 Å². The van der Waals surface area contributed by atoms with E-state index >= 15 is 0 Å². The maximum absolute atomic E-state index is 4.88. The van der Waals surface area contributed by atoms with E-state index in [2.05, 4.69) is 49.3 Å². The highest BCUT2D eigenvalue weighted by molar-refractivity contribution is 5.55. The van der Waals surface area contributed by atoms with Crippen LogP contribution in [0.25, 0.3) is 11.4 Å². The fraction of sp³-hybridized carbons (Fsp3) is 0.545. The zero-order valence-corrected chi connectivity index (χ0v) is 15.2. The molecule has 24 heavy (non-hydrogen) atoms. The zero-order chi connectivity index (χ0) is 16.8. The number of unbranched alkanes of at least 4 members (excludes halogenated alkanes) is 2. The quantitative estimate of drug-likeness (QED) is 0.645. The van der Waals surface area contributed by atoms with Gasteiger partial charge in [-0.25, -0.2) is 9.97 Å². The first-order valence-electron chi connectivity index (χ1n) is 9.74. The first-order chi connectivity index (χ1) is 11.8. The van der Waals surface area contributed by atoms with E-state index in [9.17, 15) is 0 Å². The highest BCUT2D eigenvalue weighted by Crippen LogP contribution is 2.28. The van der Waals surface area contributed by atoms with Crippen molar-refractivity contribution < 1.29 is 0 Å². The van der Waals surface area contributed by atoms with Crippen molar-refractivity contribution in [2.75, 3.05) is 0 Å². The van der Waals surface area contributed by atoms with Crippen LogP contribution in [0.4, 0.5) is 0 Å². The SMILES string of the molecule is CCCCc1ccc(-c2ncc3c(n2)CCC(CCCC)C3)cc1. The lowest BCUT2D eigenvalue weighted by molar-refractivity contribution is 0.408. The van der Waals surface area contributed by atoms with Gasteiger partial charge in [-0.15, -0.1) is 0 Å². The molecular weight excluding hydrogens is 292 g/mol. The smallest absolute Gasteiger partial charge is 0.159 e. The number of hydrogen-bond donors (Lipinski definition) is 0. The fourth-order valence-corrected chi connectivity index (χ4v) is 3.66. The van der Waals surface area contributed by atoms with Crippen LogP contribution < -0.4 is 0 Å². The molecule has 0 bridgehead atoms. The number of aryl methyl sites for hydroxylation is 2. The van der Waals surface area contributed by atoms with E-state index in [1.54, 1.807) is 0 Å². The number of fused-ring (bicyclic) bond motifs is 1. The lowest BCUT2D eigenvalue weighted by Gasteiger charge is -2.23. The summed E-state index contributed by atoms with van der Waals surface area (Å²) in [5, 5.41) is 0. The Labute approximate surface area is 146 Å². The molecule has 0 aliphatic heterocycles. The Morgan fingerprint density at radius 2 is 1.83 bits per heavy atom. The van der Waals surface area contributed by atoms with E-state index in [1.165, 1.54) is 68.2 Å². The minimum Gasteiger partial charge on any atom is -0.236 e. The molecule has 1 aromatic heterocycles. The van der Waals surface area contributed by atoms with Crippen LogP contribution in [-0.4, -0.2) is 9.97 Å². The molecule has 1 heterocycles. The van der Waals surface area contributed by atoms with Crippen molar-refractivity contribution in [1.82, 2.24) is 9.97 Å². The molecule has 1 unspecified atom stereocenters. The van der Waals surface area contributed by atoms with Gasteiger partial charge in [0.25, 0.3) is 0 Å². The molecule has 1 aromatic carbocycles. The molecule has 0 saturated heterocycles. The van der Waals surface area contributed by atoms with Gasteiger partial charge in [0.1, 0.15) is 0 Å². The molecule has 0 amide bonds. The molecule has 2 aromatic rings. The van der Waals surface area contributed by atoms with E-state index in [-0.39, 0.29) is 0 Å². The molecule has 1 atom stereocenters. The molecule has 1 aliphatic rings.